The number of rotatable bonds is 7. The van der Waals surface area contributed by atoms with Gasteiger partial charge in [-0.15, -0.1) is 5.10 Å². The van der Waals surface area contributed by atoms with Crippen LogP contribution in [0.4, 0.5) is 0 Å². The molecule has 0 atom stereocenters. The van der Waals surface area contributed by atoms with Crippen LogP contribution in [0.15, 0.2) is 23.4 Å². The predicted octanol–water partition coefficient (Wildman–Crippen LogP) is 2.33. The second-order valence-electron chi connectivity index (χ2n) is 5.62. The van der Waals surface area contributed by atoms with Crippen molar-refractivity contribution in [3.05, 3.63) is 34.9 Å². The number of nitrogens with one attached hydrogen (secondary N) is 1. The molecule has 1 aliphatic carbocycles. The third-order valence-electron chi connectivity index (χ3n) is 3.77. The zero-order valence-electron chi connectivity index (χ0n) is 12.5. The zero-order valence-corrected chi connectivity index (χ0v) is 13.4. The van der Waals surface area contributed by atoms with Crippen molar-refractivity contribution < 1.29 is 0 Å². The summed E-state index contributed by atoms with van der Waals surface area (Å²) in [5.41, 5.74) is 3.98. The molecular formula is C15H21N5S. The maximum absolute atomic E-state index is 4.12. The molecule has 1 fully saturated rings. The van der Waals surface area contributed by atoms with Crippen LogP contribution >= 0.6 is 11.8 Å². The molecule has 5 nitrogen and oxygen atoms in total. The van der Waals surface area contributed by atoms with Crippen LogP contribution in [0.3, 0.4) is 0 Å². The number of hydrogen-bond donors (Lipinski definition) is 1. The lowest BCUT2D eigenvalue weighted by Gasteiger charge is -2.06. The first-order chi connectivity index (χ1) is 10.2. The Morgan fingerprint density at radius 2 is 2.14 bits per heavy atom. The summed E-state index contributed by atoms with van der Waals surface area (Å²) in [7, 11) is 0. The summed E-state index contributed by atoms with van der Waals surface area (Å²) in [5, 5.41) is 16.4. The van der Waals surface area contributed by atoms with E-state index in [1.165, 1.54) is 29.5 Å². The molecule has 1 aromatic heterocycles. The van der Waals surface area contributed by atoms with Crippen LogP contribution in [0.1, 0.15) is 29.5 Å². The van der Waals surface area contributed by atoms with E-state index in [2.05, 4.69) is 52.9 Å². The van der Waals surface area contributed by atoms with E-state index in [-0.39, 0.29) is 0 Å². The number of aryl methyl sites for hydroxylation is 2. The second-order valence-corrected chi connectivity index (χ2v) is 6.56. The fourth-order valence-electron chi connectivity index (χ4n) is 2.14. The Kier molecular flexibility index (Phi) is 4.55. The molecule has 1 aliphatic rings. The fourth-order valence-corrected chi connectivity index (χ4v) is 2.99. The van der Waals surface area contributed by atoms with Gasteiger partial charge in [-0.2, -0.15) is 0 Å². The van der Waals surface area contributed by atoms with Crippen molar-refractivity contribution in [2.45, 2.75) is 50.2 Å². The molecule has 21 heavy (non-hydrogen) atoms. The molecule has 1 heterocycles. The number of aromatic nitrogens is 4. The third kappa shape index (κ3) is 4.04. The Bertz CT molecular complexity index is 606. The standard InChI is InChI=1S/C15H21N5S/c1-11-3-4-13(9-12(11)2)10-21-15-17-18-19-20(15)8-7-16-14-5-6-14/h3-4,9,14,16H,5-8,10H2,1-2H3. The van der Waals surface area contributed by atoms with E-state index in [4.69, 9.17) is 0 Å². The lowest BCUT2D eigenvalue weighted by Crippen LogP contribution is -2.22. The molecule has 0 spiro atoms. The van der Waals surface area contributed by atoms with Gasteiger partial charge >= 0.3 is 0 Å². The van der Waals surface area contributed by atoms with Crippen molar-refractivity contribution in [3.63, 3.8) is 0 Å². The average Bonchev–Trinajstić information content (AvgIpc) is 3.19. The third-order valence-corrected chi connectivity index (χ3v) is 4.80. The molecule has 6 heteroatoms. The molecule has 0 amide bonds. The number of nitrogens with zero attached hydrogens (tertiary/aromatic N) is 4. The summed E-state index contributed by atoms with van der Waals surface area (Å²) in [6, 6.07) is 7.32. The summed E-state index contributed by atoms with van der Waals surface area (Å²) in [5.74, 6) is 0.900. The van der Waals surface area contributed by atoms with Gasteiger partial charge in [0.1, 0.15) is 0 Å². The number of thioether (sulfide) groups is 1. The summed E-state index contributed by atoms with van der Waals surface area (Å²) >= 11 is 1.69. The van der Waals surface area contributed by atoms with Gasteiger partial charge in [0, 0.05) is 18.3 Å². The van der Waals surface area contributed by atoms with E-state index in [0.717, 1.165) is 30.0 Å². The van der Waals surface area contributed by atoms with Crippen molar-refractivity contribution in [3.8, 4) is 0 Å². The van der Waals surface area contributed by atoms with Crippen LogP contribution in [0.2, 0.25) is 0 Å². The molecule has 0 aliphatic heterocycles. The highest BCUT2D eigenvalue weighted by Gasteiger charge is 2.20. The Hall–Kier alpha value is -1.40. The smallest absolute Gasteiger partial charge is 0.209 e. The summed E-state index contributed by atoms with van der Waals surface area (Å²) in [6.45, 7) is 6.06. The fraction of sp³-hybridized carbons (Fsp3) is 0.533. The van der Waals surface area contributed by atoms with Crippen LogP contribution in [0.5, 0.6) is 0 Å². The summed E-state index contributed by atoms with van der Waals surface area (Å²) < 4.78 is 1.89. The van der Waals surface area contributed by atoms with Crippen molar-refractivity contribution in [1.82, 2.24) is 25.5 Å². The van der Waals surface area contributed by atoms with Crippen molar-refractivity contribution in [2.75, 3.05) is 6.54 Å². The lowest BCUT2D eigenvalue weighted by atomic mass is 10.1. The highest BCUT2D eigenvalue weighted by atomic mass is 32.2. The second kappa shape index (κ2) is 6.58. The van der Waals surface area contributed by atoms with Gasteiger partial charge in [-0.25, -0.2) is 4.68 Å². The molecule has 0 unspecified atom stereocenters. The molecule has 0 bridgehead atoms. The normalized spacial score (nSPS) is 14.6. The van der Waals surface area contributed by atoms with Crippen molar-refractivity contribution in [1.29, 1.82) is 0 Å². The first-order valence-electron chi connectivity index (χ1n) is 7.41. The predicted molar refractivity (Wildman–Crippen MR) is 84.3 cm³/mol. The Labute approximate surface area is 129 Å². The molecule has 2 aromatic rings. The average molecular weight is 303 g/mol. The Morgan fingerprint density at radius 1 is 1.29 bits per heavy atom. The van der Waals surface area contributed by atoms with E-state index in [9.17, 15) is 0 Å². The highest BCUT2D eigenvalue weighted by molar-refractivity contribution is 7.98. The van der Waals surface area contributed by atoms with E-state index in [1.54, 1.807) is 11.8 Å². The van der Waals surface area contributed by atoms with Crippen LogP contribution in [0, 0.1) is 13.8 Å². The van der Waals surface area contributed by atoms with Gasteiger partial charge < -0.3 is 5.32 Å². The molecule has 1 aromatic carbocycles. The van der Waals surface area contributed by atoms with Crippen LogP contribution in [-0.2, 0) is 12.3 Å². The van der Waals surface area contributed by atoms with Gasteiger partial charge in [0.05, 0.1) is 6.54 Å². The number of hydrogen-bond acceptors (Lipinski definition) is 5. The molecule has 112 valence electrons. The maximum atomic E-state index is 4.12. The van der Waals surface area contributed by atoms with Gasteiger partial charge in [0.2, 0.25) is 5.16 Å². The molecule has 1 saturated carbocycles. The lowest BCUT2D eigenvalue weighted by molar-refractivity contribution is 0.509. The molecule has 3 rings (SSSR count). The van der Waals surface area contributed by atoms with E-state index < -0.39 is 0 Å². The van der Waals surface area contributed by atoms with Crippen LogP contribution in [-0.4, -0.2) is 32.8 Å². The minimum absolute atomic E-state index is 0.730. The summed E-state index contributed by atoms with van der Waals surface area (Å²) in [4.78, 5) is 0. The van der Waals surface area contributed by atoms with E-state index >= 15 is 0 Å². The van der Waals surface area contributed by atoms with Crippen LogP contribution in [0.25, 0.3) is 0 Å². The SMILES string of the molecule is Cc1ccc(CSc2nnnn2CCNC2CC2)cc1C. The van der Waals surface area contributed by atoms with Gasteiger partial charge in [-0.3, -0.25) is 0 Å². The van der Waals surface area contributed by atoms with Gasteiger partial charge in [0.25, 0.3) is 0 Å². The highest BCUT2D eigenvalue weighted by Crippen LogP contribution is 2.22. The zero-order chi connectivity index (χ0) is 14.7. The van der Waals surface area contributed by atoms with Crippen molar-refractivity contribution >= 4 is 11.8 Å². The topological polar surface area (TPSA) is 55.6 Å². The van der Waals surface area contributed by atoms with Gasteiger partial charge in [-0.05, 0) is 53.8 Å². The maximum Gasteiger partial charge on any atom is 0.209 e. The minimum Gasteiger partial charge on any atom is -0.312 e. The molecule has 0 radical (unpaired) electrons. The molecular weight excluding hydrogens is 282 g/mol. The van der Waals surface area contributed by atoms with E-state index in [0.29, 0.717) is 0 Å². The number of benzene rings is 1. The monoisotopic (exact) mass is 303 g/mol. The summed E-state index contributed by atoms with van der Waals surface area (Å²) in [6.07, 6.45) is 2.62. The molecule has 0 saturated heterocycles. The molecule has 1 N–H and O–H groups in total. The first-order valence-corrected chi connectivity index (χ1v) is 8.39. The van der Waals surface area contributed by atoms with Crippen LogP contribution < -0.4 is 5.32 Å². The van der Waals surface area contributed by atoms with Gasteiger partial charge in [0.15, 0.2) is 0 Å². The first kappa shape index (κ1) is 14.5. The number of tetrazole rings is 1. The Morgan fingerprint density at radius 3 is 2.90 bits per heavy atom. The quantitative estimate of drug-likeness (QED) is 0.796. The largest absolute Gasteiger partial charge is 0.312 e. The van der Waals surface area contributed by atoms with Gasteiger partial charge in [-0.1, -0.05) is 30.0 Å². The van der Waals surface area contributed by atoms with E-state index in [1.807, 2.05) is 4.68 Å². The Balaban J connectivity index is 1.54. The van der Waals surface area contributed by atoms with Crippen molar-refractivity contribution in [2.24, 2.45) is 0 Å². The minimum atomic E-state index is 0.730.